The summed E-state index contributed by atoms with van der Waals surface area (Å²) in [6.07, 6.45) is 0.529. The average Bonchev–Trinajstić information content (AvgIpc) is 3.18. The number of cyclic esters (lactones) is 1. The molecule has 0 radical (unpaired) electrons. The number of halogens is 1. The van der Waals surface area contributed by atoms with Gasteiger partial charge in [-0.25, -0.2) is 4.79 Å². The molecule has 1 heterocycles. The first-order valence-electron chi connectivity index (χ1n) is 12.5. The van der Waals surface area contributed by atoms with E-state index in [0.717, 1.165) is 0 Å². The largest absolute Gasteiger partial charge is 0.507 e. The van der Waals surface area contributed by atoms with Crippen LogP contribution in [-0.4, -0.2) is 64.3 Å². The first-order valence-corrected chi connectivity index (χ1v) is 13.0. The third-order valence-electron chi connectivity index (χ3n) is 9.53. The highest BCUT2D eigenvalue weighted by Crippen LogP contribution is 2.66. The van der Waals surface area contributed by atoms with Gasteiger partial charge in [-0.05, 0) is 32.6 Å². The van der Waals surface area contributed by atoms with Crippen molar-refractivity contribution in [2.75, 3.05) is 14.2 Å². The quantitative estimate of drug-likeness (QED) is 0.257. The van der Waals surface area contributed by atoms with Crippen LogP contribution >= 0.6 is 11.6 Å². The molecule has 1 aliphatic heterocycles. The lowest BCUT2D eigenvalue weighted by atomic mass is 9.43. The Morgan fingerprint density at radius 2 is 1.84 bits per heavy atom. The lowest BCUT2D eigenvalue weighted by Crippen LogP contribution is -2.72. The molecule has 0 unspecified atom stereocenters. The number of aldehydes is 1. The number of ether oxygens (including phenoxy) is 4. The Kier molecular flexibility index (Phi) is 7.05. The van der Waals surface area contributed by atoms with Crippen molar-refractivity contribution >= 4 is 29.8 Å². The van der Waals surface area contributed by atoms with Crippen molar-refractivity contribution < 1.29 is 48.7 Å². The lowest BCUT2D eigenvalue weighted by Gasteiger charge is -2.66. The van der Waals surface area contributed by atoms with Crippen molar-refractivity contribution in [3.8, 4) is 11.5 Å². The van der Waals surface area contributed by atoms with Crippen LogP contribution in [0.15, 0.2) is 0 Å². The van der Waals surface area contributed by atoms with Gasteiger partial charge in [0.25, 0.3) is 0 Å². The fourth-order valence-corrected chi connectivity index (χ4v) is 7.56. The van der Waals surface area contributed by atoms with Crippen LogP contribution in [0, 0.1) is 16.7 Å². The molecule has 210 valence electrons. The highest BCUT2D eigenvalue weighted by Gasteiger charge is 2.71. The number of aromatic hydroxyl groups is 1. The summed E-state index contributed by atoms with van der Waals surface area (Å²) in [6.45, 7) is 6.81. The Balaban J connectivity index is 1.77. The smallest absolute Gasteiger partial charge is 0.345 e. The predicted molar refractivity (Wildman–Crippen MR) is 134 cm³/mol. The van der Waals surface area contributed by atoms with Crippen molar-refractivity contribution in [1.82, 2.24) is 0 Å². The van der Waals surface area contributed by atoms with E-state index in [1.165, 1.54) is 14.2 Å². The maximum absolute atomic E-state index is 12.8. The van der Waals surface area contributed by atoms with Crippen LogP contribution in [-0.2, 0) is 25.6 Å². The molecule has 2 fully saturated rings. The second-order valence-electron chi connectivity index (χ2n) is 11.5. The van der Waals surface area contributed by atoms with Gasteiger partial charge >= 0.3 is 11.9 Å². The number of methoxy groups -OCH3 is 2. The number of fused-ring (bicyclic) bond motifs is 2. The van der Waals surface area contributed by atoms with E-state index >= 15 is 0 Å². The minimum atomic E-state index is -1.37. The number of rotatable bonds is 7. The van der Waals surface area contributed by atoms with Crippen LogP contribution in [0.4, 0.5) is 0 Å². The number of alkyl halides is 1. The monoisotopic (exact) mass is 554 g/mol. The summed E-state index contributed by atoms with van der Waals surface area (Å²) in [4.78, 5) is 37.4. The van der Waals surface area contributed by atoms with Gasteiger partial charge in [0.05, 0.1) is 47.5 Å². The maximum atomic E-state index is 12.8. The molecule has 0 spiro atoms. The van der Waals surface area contributed by atoms with E-state index in [1.807, 2.05) is 13.8 Å². The molecule has 10 nitrogen and oxygen atoms in total. The molecule has 11 heteroatoms. The zero-order valence-corrected chi connectivity index (χ0v) is 23.2. The Labute approximate surface area is 226 Å². The van der Waals surface area contributed by atoms with Gasteiger partial charge < -0.3 is 34.3 Å². The van der Waals surface area contributed by atoms with E-state index in [0.29, 0.717) is 19.1 Å². The normalized spacial score (nSPS) is 35.7. The molecular formula is C27H35ClO10. The van der Waals surface area contributed by atoms with Gasteiger partial charge in [0.2, 0.25) is 6.29 Å². The number of phenols is 1. The van der Waals surface area contributed by atoms with E-state index < -0.39 is 51.9 Å². The Morgan fingerprint density at radius 3 is 2.39 bits per heavy atom. The topological polar surface area (TPSA) is 149 Å². The van der Waals surface area contributed by atoms with Crippen molar-refractivity contribution in [2.45, 2.75) is 82.9 Å². The molecule has 0 amide bonds. The molecule has 1 aromatic rings. The molecule has 2 saturated carbocycles. The highest BCUT2D eigenvalue weighted by molar-refractivity contribution is 6.21. The van der Waals surface area contributed by atoms with E-state index in [-0.39, 0.29) is 52.8 Å². The number of phenolic OH excluding ortho intramolecular Hbond substituents is 1. The summed E-state index contributed by atoms with van der Waals surface area (Å²) in [7, 11) is 2.58. The van der Waals surface area contributed by atoms with Crippen LogP contribution in [0.25, 0.3) is 0 Å². The van der Waals surface area contributed by atoms with Crippen LogP contribution < -0.4 is 4.74 Å². The fourth-order valence-electron chi connectivity index (χ4n) is 7.27. The lowest BCUT2D eigenvalue weighted by molar-refractivity contribution is -0.273. The molecule has 3 aliphatic rings. The number of carbonyl (C=O) groups is 3. The van der Waals surface area contributed by atoms with Gasteiger partial charge in [0.1, 0.15) is 17.1 Å². The second-order valence-corrected chi connectivity index (χ2v) is 12.1. The average molecular weight is 555 g/mol. The van der Waals surface area contributed by atoms with Crippen LogP contribution in [0.3, 0.4) is 0 Å². The van der Waals surface area contributed by atoms with Gasteiger partial charge in [-0.1, -0.05) is 20.8 Å². The standard InChI is InChI=1S/C27H35ClO10/c1-24(2)15(28)7-8-25(3)20(21(31)32)26(4,9-10-27(24,25)34)37-12-14-18(30)13(11-29)16-17(19(14)35-5)22(33)38-23(16)36-6/h11,15,20,23,30,34H,7-10,12H2,1-6H3,(H,31,32)/t15-,20+,23-,25+,26+,27+/m0/s1. The molecule has 2 aliphatic carbocycles. The third-order valence-corrected chi connectivity index (χ3v) is 10.3. The second kappa shape index (κ2) is 9.36. The number of hydrogen-bond acceptors (Lipinski definition) is 9. The minimum absolute atomic E-state index is 0.00296. The van der Waals surface area contributed by atoms with E-state index in [1.54, 1.807) is 13.8 Å². The van der Waals surface area contributed by atoms with Gasteiger partial charge in [0, 0.05) is 23.3 Å². The van der Waals surface area contributed by atoms with Crippen molar-refractivity contribution in [3.05, 3.63) is 22.3 Å². The zero-order chi connectivity index (χ0) is 28.4. The number of carboxylic acid groups (broad SMARTS) is 1. The Morgan fingerprint density at radius 1 is 1.18 bits per heavy atom. The summed E-state index contributed by atoms with van der Waals surface area (Å²) < 4.78 is 22.1. The number of esters is 1. The van der Waals surface area contributed by atoms with Crippen LogP contribution in [0.1, 0.15) is 91.5 Å². The molecule has 0 aromatic heterocycles. The molecule has 0 saturated heterocycles. The number of aliphatic hydroxyl groups is 1. The van der Waals surface area contributed by atoms with Crippen molar-refractivity contribution in [3.63, 3.8) is 0 Å². The van der Waals surface area contributed by atoms with Gasteiger partial charge in [-0.15, -0.1) is 11.6 Å². The summed E-state index contributed by atoms with van der Waals surface area (Å²) in [5.74, 6) is -3.58. The number of carbonyl (C=O) groups excluding carboxylic acids is 2. The summed E-state index contributed by atoms with van der Waals surface area (Å²) >= 11 is 6.62. The number of benzene rings is 1. The van der Waals surface area contributed by atoms with E-state index in [4.69, 9.17) is 30.5 Å². The molecule has 4 rings (SSSR count). The summed E-state index contributed by atoms with van der Waals surface area (Å²) in [5, 5.41) is 33.2. The van der Waals surface area contributed by atoms with Crippen LogP contribution in [0.2, 0.25) is 0 Å². The highest BCUT2D eigenvalue weighted by atomic mass is 35.5. The number of aliphatic carboxylic acids is 1. The van der Waals surface area contributed by atoms with E-state index in [2.05, 4.69) is 0 Å². The molecule has 1 aromatic carbocycles. The van der Waals surface area contributed by atoms with E-state index in [9.17, 15) is 29.7 Å². The van der Waals surface area contributed by atoms with Crippen molar-refractivity contribution in [1.29, 1.82) is 0 Å². The zero-order valence-electron chi connectivity index (χ0n) is 22.4. The van der Waals surface area contributed by atoms with Gasteiger partial charge in [0.15, 0.2) is 6.29 Å². The first kappa shape index (κ1) is 28.6. The summed E-state index contributed by atoms with van der Waals surface area (Å²) in [5.41, 5.74) is -4.69. The Hall–Kier alpha value is -2.40. The first-order chi connectivity index (χ1) is 17.6. The molecule has 38 heavy (non-hydrogen) atoms. The van der Waals surface area contributed by atoms with Crippen LogP contribution in [0.5, 0.6) is 11.5 Å². The predicted octanol–water partition coefficient (Wildman–Crippen LogP) is 3.96. The fraction of sp³-hybridized carbons (Fsp3) is 0.667. The third kappa shape index (κ3) is 3.67. The Bertz CT molecular complexity index is 1180. The molecular weight excluding hydrogens is 520 g/mol. The van der Waals surface area contributed by atoms with Gasteiger partial charge in [-0.3, -0.25) is 9.59 Å². The number of carboxylic acids is 1. The maximum Gasteiger partial charge on any atom is 0.345 e. The molecule has 6 atom stereocenters. The van der Waals surface area contributed by atoms with Crippen molar-refractivity contribution in [2.24, 2.45) is 16.7 Å². The molecule has 0 bridgehead atoms. The minimum Gasteiger partial charge on any atom is -0.507 e. The SMILES string of the molecule is COc1c(CO[C@]2(C)CC[C@@]3(O)C(C)(C)[C@@H](Cl)CC[C@]3(C)[C@H]2C(=O)O)c(O)c(C=O)c2c1C(=O)O[C@@H]2OC. The summed E-state index contributed by atoms with van der Waals surface area (Å²) in [6, 6.07) is 0. The number of hydrogen-bond donors (Lipinski definition) is 3. The van der Waals surface area contributed by atoms with Gasteiger partial charge in [-0.2, -0.15) is 0 Å². The molecule has 3 N–H and O–H groups in total.